The molecule has 0 unspecified atom stereocenters. The van der Waals surface area contributed by atoms with E-state index in [1.54, 1.807) is 14.2 Å². The zero-order valence-corrected chi connectivity index (χ0v) is 20.8. The van der Waals surface area contributed by atoms with E-state index in [2.05, 4.69) is 43.5 Å². The van der Waals surface area contributed by atoms with Gasteiger partial charge in [0.1, 0.15) is 5.75 Å². The smallest absolute Gasteiger partial charge is 0.257 e. The highest BCUT2D eigenvalue weighted by Crippen LogP contribution is 2.19. The van der Waals surface area contributed by atoms with Gasteiger partial charge in [0, 0.05) is 44.7 Å². The third-order valence-electron chi connectivity index (χ3n) is 4.86. The van der Waals surface area contributed by atoms with Crippen molar-refractivity contribution in [1.29, 1.82) is 0 Å². The van der Waals surface area contributed by atoms with Gasteiger partial charge in [0.15, 0.2) is 11.8 Å². The number of hydrogen-bond acceptors (Lipinski definition) is 5. The number of ether oxygens (including phenoxy) is 1. The number of nitrogens with one attached hydrogen (secondary N) is 1. The molecule has 0 amide bonds. The van der Waals surface area contributed by atoms with Crippen LogP contribution in [0.2, 0.25) is 0 Å². The largest absolute Gasteiger partial charge is 0.496 e. The summed E-state index contributed by atoms with van der Waals surface area (Å²) in [7, 11) is 5.51. The summed E-state index contributed by atoms with van der Waals surface area (Å²) < 4.78 is 10.7. The third-order valence-corrected chi connectivity index (χ3v) is 4.86. The summed E-state index contributed by atoms with van der Waals surface area (Å²) in [5.74, 6) is 3.01. The van der Waals surface area contributed by atoms with Gasteiger partial charge < -0.3 is 19.5 Å². The van der Waals surface area contributed by atoms with Crippen LogP contribution in [0, 0.1) is 0 Å². The van der Waals surface area contributed by atoms with Crippen LogP contribution in [0.1, 0.15) is 23.9 Å². The number of guanidine groups is 1. The van der Waals surface area contributed by atoms with E-state index < -0.39 is 0 Å². The Morgan fingerprint density at radius 3 is 2.55 bits per heavy atom. The number of nitrogens with zero attached hydrogens (tertiary/aromatic N) is 4. The standard InChI is InChI=1S/C23H29N5O2.HI/c1-5-21-26-22(30-27-21)18-12-10-17(11-13-18)14-15-25-23(24-2)28(3)16-19-8-6-7-9-20(19)29-4;/h6-13H,5,14-16H2,1-4H3,(H,24,25);1H. The summed E-state index contributed by atoms with van der Waals surface area (Å²) in [6.45, 7) is 3.50. The minimum atomic E-state index is 0. The van der Waals surface area contributed by atoms with Gasteiger partial charge in [-0.3, -0.25) is 4.99 Å². The Balaban J connectivity index is 0.00000341. The van der Waals surface area contributed by atoms with Crippen molar-refractivity contribution in [2.24, 2.45) is 4.99 Å². The molecule has 1 heterocycles. The third kappa shape index (κ3) is 6.68. The highest BCUT2D eigenvalue weighted by molar-refractivity contribution is 14.0. The van der Waals surface area contributed by atoms with Crippen LogP contribution in [0.15, 0.2) is 58.0 Å². The number of aromatic nitrogens is 2. The van der Waals surface area contributed by atoms with E-state index in [4.69, 9.17) is 9.26 Å². The van der Waals surface area contributed by atoms with Crippen LogP contribution in [-0.4, -0.2) is 48.8 Å². The first-order valence-corrected chi connectivity index (χ1v) is 10.1. The highest BCUT2D eigenvalue weighted by Gasteiger charge is 2.10. The first-order chi connectivity index (χ1) is 14.6. The Labute approximate surface area is 200 Å². The van der Waals surface area contributed by atoms with E-state index in [1.807, 2.05) is 44.3 Å². The normalized spacial score (nSPS) is 11.0. The van der Waals surface area contributed by atoms with Crippen LogP contribution < -0.4 is 10.1 Å². The van der Waals surface area contributed by atoms with E-state index in [0.29, 0.717) is 12.4 Å². The Morgan fingerprint density at radius 1 is 1.16 bits per heavy atom. The first-order valence-electron chi connectivity index (χ1n) is 10.1. The minimum Gasteiger partial charge on any atom is -0.496 e. The lowest BCUT2D eigenvalue weighted by molar-refractivity contribution is 0.396. The summed E-state index contributed by atoms with van der Waals surface area (Å²) in [6.07, 6.45) is 1.64. The van der Waals surface area contributed by atoms with Crippen molar-refractivity contribution in [3.8, 4) is 17.2 Å². The van der Waals surface area contributed by atoms with Crippen molar-refractivity contribution in [3.63, 3.8) is 0 Å². The molecule has 0 aliphatic heterocycles. The summed E-state index contributed by atoms with van der Waals surface area (Å²) in [5.41, 5.74) is 3.28. The second-order valence-electron chi connectivity index (χ2n) is 6.96. The Morgan fingerprint density at radius 2 is 1.90 bits per heavy atom. The van der Waals surface area contributed by atoms with Crippen molar-refractivity contribution in [1.82, 2.24) is 20.4 Å². The Kier molecular flexibility index (Phi) is 9.77. The fourth-order valence-electron chi connectivity index (χ4n) is 3.20. The lowest BCUT2D eigenvalue weighted by Gasteiger charge is -2.23. The van der Waals surface area contributed by atoms with Crippen molar-refractivity contribution < 1.29 is 9.26 Å². The fourth-order valence-corrected chi connectivity index (χ4v) is 3.20. The molecule has 8 heteroatoms. The van der Waals surface area contributed by atoms with Gasteiger partial charge in [0.05, 0.1) is 7.11 Å². The summed E-state index contributed by atoms with van der Waals surface area (Å²) in [5, 5.41) is 7.37. The molecule has 0 fully saturated rings. The van der Waals surface area contributed by atoms with Gasteiger partial charge in [-0.15, -0.1) is 24.0 Å². The predicted molar refractivity (Wildman–Crippen MR) is 134 cm³/mol. The number of halogens is 1. The molecule has 0 atom stereocenters. The predicted octanol–water partition coefficient (Wildman–Crippen LogP) is 4.18. The molecule has 166 valence electrons. The van der Waals surface area contributed by atoms with Gasteiger partial charge in [-0.05, 0) is 30.2 Å². The SMILES string of the molecule is CCc1noc(-c2ccc(CCNC(=NC)N(C)Cc3ccccc3OC)cc2)n1.I. The molecule has 0 saturated carbocycles. The molecule has 0 radical (unpaired) electrons. The van der Waals surface area contributed by atoms with E-state index in [9.17, 15) is 0 Å². The van der Waals surface area contributed by atoms with Crippen molar-refractivity contribution in [2.45, 2.75) is 26.3 Å². The molecule has 31 heavy (non-hydrogen) atoms. The molecule has 0 aliphatic rings. The average molecular weight is 535 g/mol. The van der Waals surface area contributed by atoms with E-state index >= 15 is 0 Å². The van der Waals surface area contributed by atoms with Crippen molar-refractivity contribution >= 4 is 29.9 Å². The molecule has 7 nitrogen and oxygen atoms in total. The first kappa shape index (κ1) is 24.6. The van der Waals surface area contributed by atoms with E-state index in [-0.39, 0.29) is 24.0 Å². The van der Waals surface area contributed by atoms with Crippen molar-refractivity contribution in [3.05, 3.63) is 65.5 Å². The lowest BCUT2D eigenvalue weighted by Crippen LogP contribution is -2.39. The second kappa shape index (κ2) is 12.3. The van der Waals surface area contributed by atoms with Crippen LogP contribution in [0.4, 0.5) is 0 Å². The molecule has 3 aromatic rings. The molecule has 0 spiro atoms. The monoisotopic (exact) mass is 535 g/mol. The second-order valence-corrected chi connectivity index (χ2v) is 6.96. The number of hydrogen-bond donors (Lipinski definition) is 1. The van der Waals surface area contributed by atoms with Crippen LogP contribution in [0.5, 0.6) is 5.75 Å². The van der Waals surface area contributed by atoms with Crippen LogP contribution >= 0.6 is 24.0 Å². The fraction of sp³-hybridized carbons (Fsp3) is 0.348. The molecule has 0 bridgehead atoms. The number of aliphatic imine (C=N–C) groups is 1. The average Bonchev–Trinajstić information content (AvgIpc) is 3.27. The number of para-hydroxylation sites is 1. The molecule has 0 saturated heterocycles. The zero-order chi connectivity index (χ0) is 21.3. The van der Waals surface area contributed by atoms with E-state index in [0.717, 1.165) is 48.0 Å². The molecule has 3 rings (SSSR count). The maximum atomic E-state index is 5.45. The molecular weight excluding hydrogens is 505 g/mol. The van der Waals surface area contributed by atoms with Gasteiger partial charge in [-0.25, -0.2) is 0 Å². The quantitative estimate of drug-likeness (QED) is 0.265. The highest BCUT2D eigenvalue weighted by atomic mass is 127. The maximum absolute atomic E-state index is 5.45. The summed E-state index contributed by atoms with van der Waals surface area (Å²) >= 11 is 0. The summed E-state index contributed by atoms with van der Waals surface area (Å²) in [6, 6.07) is 16.3. The Hall–Kier alpha value is -2.62. The summed E-state index contributed by atoms with van der Waals surface area (Å²) in [4.78, 5) is 10.9. The van der Waals surface area contributed by atoms with Crippen LogP contribution in [-0.2, 0) is 19.4 Å². The van der Waals surface area contributed by atoms with Crippen LogP contribution in [0.3, 0.4) is 0 Å². The van der Waals surface area contributed by atoms with Crippen LogP contribution in [0.25, 0.3) is 11.5 Å². The number of methoxy groups -OCH3 is 1. The number of rotatable bonds is 8. The van der Waals surface area contributed by atoms with Gasteiger partial charge in [0.2, 0.25) is 0 Å². The Bertz CT molecular complexity index is 972. The zero-order valence-electron chi connectivity index (χ0n) is 18.5. The lowest BCUT2D eigenvalue weighted by atomic mass is 10.1. The number of aryl methyl sites for hydroxylation is 1. The molecule has 1 N–H and O–H groups in total. The van der Waals surface area contributed by atoms with Gasteiger partial charge in [-0.2, -0.15) is 4.98 Å². The topological polar surface area (TPSA) is 75.8 Å². The van der Waals surface area contributed by atoms with Gasteiger partial charge >= 0.3 is 0 Å². The molecular formula is C23H30IN5O2. The maximum Gasteiger partial charge on any atom is 0.257 e. The molecule has 0 aliphatic carbocycles. The van der Waals surface area contributed by atoms with Gasteiger partial charge in [0.25, 0.3) is 5.89 Å². The minimum absolute atomic E-state index is 0. The van der Waals surface area contributed by atoms with E-state index in [1.165, 1.54) is 5.56 Å². The molecule has 2 aromatic carbocycles. The number of benzene rings is 2. The van der Waals surface area contributed by atoms with Crippen molar-refractivity contribution in [2.75, 3.05) is 27.7 Å². The molecule has 1 aromatic heterocycles. The van der Waals surface area contributed by atoms with Gasteiger partial charge in [-0.1, -0.05) is 42.4 Å².